The first kappa shape index (κ1) is 17.5. The van der Waals surface area contributed by atoms with Gasteiger partial charge < -0.3 is 10.2 Å². The van der Waals surface area contributed by atoms with Crippen LogP contribution in [0.5, 0.6) is 0 Å². The fourth-order valence-corrected chi connectivity index (χ4v) is 2.99. The van der Waals surface area contributed by atoms with E-state index in [2.05, 4.69) is 38.2 Å². The van der Waals surface area contributed by atoms with Crippen LogP contribution in [-0.4, -0.2) is 35.8 Å². The van der Waals surface area contributed by atoms with Crippen LogP contribution >= 0.6 is 0 Å². The van der Waals surface area contributed by atoms with E-state index in [0.717, 1.165) is 19.3 Å². The van der Waals surface area contributed by atoms with E-state index in [1.165, 1.54) is 5.56 Å². The first-order valence-electron chi connectivity index (χ1n) is 8.48. The number of likely N-dealkylation sites (tertiary alicyclic amines) is 1. The van der Waals surface area contributed by atoms with Gasteiger partial charge in [-0.1, -0.05) is 51.1 Å². The SMILES string of the molecule is CC(C)(C)CC(=O)N1CCCC1C(=O)NCCc1ccccc1. The van der Waals surface area contributed by atoms with Crippen LogP contribution in [0.1, 0.15) is 45.6 Å². The van der Waals surface area contributed by atoms with Gasteiger partial charge in [0.25, 0.3) is 0 Å². The minimum Gasteiger partial charge on any atom is -0.354 e. The van der Waals surface area contributed by atoms with Gasteiger partial charge in [0, 0.05) is 19.5 Å². The van der Waals surface area contributed by atoms with Gasteiger partial charge in [0.15, 0.2) is 0 Å². The van der Waals surface area contributed by atoms with Gasteiger partial charge >= 0.3 is 0 Å². The summed E-state index contributed by atoms with van der Waals surface area (Å²) in [5, 5.41) is 2.99. The van der Waals surface area contributed by atoms with Gasteiger partial charge in [0.2, 0.25) is 11.8 Å². The van der Waals surface area contributed by atoms with Gasteiger partial charge in [-0.05, 0) is 30.2 Å². The summed E-state index contributed by atoms with van der Waals surface area (Å²) in [6.45, 7) is 7.47. The zero-order chi connectivity index (χ0) is 16.9. The molecule has 2 amide bonds. The van der Waals surface area contributed by atoms with E-state index < -0.39 is 0 Å². The molecular formula is C19H28N2O2. The quantitative estimate of drug-likeness (QED) is 0.908. The second kappa shape index (κ2) is 7.62. The lowest BCUT2D eigenvalue weighted by Gasteiger charge is -2.27. The molecule has 1 unspecified atom stereocenters. The first-order valence-corrected chi connectivity index (χ1v) is 8.48. The molecule has 0 saturated carbocycles. The van der Waals surface area contributed by atoms with E-state index in [1.54, 1.807) is 4.90 Å². The second-order valence-corrected chi connectivity index (χ2v) is 7.51. The summed E-state index contributed by atoms with van der Waals surface area (Å²) >= 11 is 0. The molecule has 4 nitrogen and oxygen atoms in total. The summed E-state index contributed by atoms with van der Waals surface area (Å²) < 4.78 is 0. The maximum Gasteiger partial charge on any atom is 0.242 e. The van der Waals surface area contributed by atoms with Crippen molar-refractivity contribution in [3.8, 4) is 0 Å². The molecule has 1 heterocycles. The molecule has 23 heavy (non-hydrogen) atoms. The van der Waals surface area contributed by atoms with Gasteiger partial charge in [0.1, 0.15) is 6.04 Å². The maximum atomic E-state index is 12.4. The van der Waals surface area contributed by atoms with Crippen LogP contribution in [0.3, 0.4) is 0 Å². The predicted octanol–water partition coefficient (Wildman–Crippen LogP) is 2.77. The topological polar surface area (TPSA) is 49.4 Å². The smallest absolute Gasteiger partial charge is 0.242 e. The molecule has 1 saturated heterocycles. The number of benzene rings is 1. The number of amides is 2. The minimum absolute atomic E-state index is 0.0132. The highest BCUT2D eigenvalue weighted by Gasteiger charge is 2.34. The molecule has 0 aliphatic carbocycles. The Kier molecular flexibility index (Phi) is 5.80. The molecule has 1 atom stereocenters. The lowest BCUT2D eigenvalue weighted by Crippen LogP contribution is -2.47. The fourth-order valence-electron chi connectivity index (χ4n) is 2.99. The predicted molar refractivity (Wildman–Crippen MR) is 92.0 cm³/mol. The summed E-state index contributed by atoms with van der Waals surface area (Å²) in [6.07, 6.45) is 2.98. The van der Waals surface area contributed by atoms with Crippen LogP contribution in [0, 0.1) is 5.41 Å². The third kappa shape index (κ3) is 5.38. The highest BCUT2D eigenvalue weighted by Crippen LogP contribution is 2.24. The fraction of sp³-hybridized carbons (Fsp3) is 0.579. The van der Waals surface area contributed by atoms with Crippen molar-refractivity contribution in [2.75, 3.05) is 13.1 Å². The average molecular weight is 316 g/mol. The van der Waals surface area contributed by atoms with Crippen LogP contribution in [0.25, 0.3) is 0 Å². The largest absolute Gasteiger partial charge is 0.354 e. The van der Waals surface area contributed by atoms with E-state index in [-0.39, 0.29) is 23.3 Å². The maximum absolute atomic E-state index is 12.4. The Morgan fingerprint density at radius 3 is 2.57 bits per heavy atom. The Morgan fingerprint density at radius 2 is 1.91 bits per heavy atom. The number of rotatable bonds is 5. The number of carbonyl (C=O) groups is 2. The van der Waals surface area contributed by atoms with E-state index in [4.69, 9.17) is 0 Å². The molecule has 0 bridgehead atoms. The molecule has 1 N–H and O–H groups in total. The monoisotopic (exact) mass is 316 g/mol. The second-order valence-electron chi connectivity index (χ2n) is 7.51. The number of nitrogens with zero attached hydrogens (tertiary/aromatic N) is 1. The third-order valence-corrected chi connectivity index (χ3v) is 4.11. The van der Waals surface area contributed by atoms with Crippen LogP contribution in [0.2, 0.25) is 0 Å². The van der Waals surface area contributed by atoms with Crippen LogP contribution in [0.15, 0.2) is 30.3 Å². The zero-order valence-corrected chi connectivity index (χ0v) is 14.5. The van der Waals surface area contributed by atoms with E-state index in [1.807, 2.05) is 18.2 Å². The van der Waals surface area contributed by atoms with E-state index in [9.17, 15) is 9.59 Å². The standard InChI is InChI=1S/C19H28N2O2/c1-19(2,3)14-17(22)21-13-7-10-16(21)18(23)20-12-11-15-8-5-4-6-9-15/h4-6,8-9,16H,7,10-14H2,1-3H3,(H,20,23). The number of hydrogen-bond donors (Lipinski definition) is 1. The highest BCUT2D eigenvalue weighted by molar-refractivity contribution is 5.88. The highest BCUT2D eigenvalue weighted by atomic mass is 16.2. The average Bonchev–Trinajstić information content (AvgIpc) is 2.96. The molecule has 126 valence electrons. The molecule has 2 rings (SSSR count). The van der Waals surface area contributed by atoms with Crippen LogP contribution < -0.4 is 5.32 Å². The van der Waals surface area contributed by atoms with Gasteiger partial charge in [-0.25, -0.2) is 0 Å². The van der Waals surface area contributed by atoms with Crippen molar-refractivity contribution in [3.05, 3.63) is 35.9 Å². The molecule has 1 aromatic carbocycles. The Morgan fingerprint density at radius 1 is 1.22 bits per heavy atom. The lowest BCUT2D eigenvalue weighted by molar-refractivity contribution is -0.139. The summed E-state index contributed by atoms with van der Waals surface area (Å²) in [5.41, 5.74) is 1.16. The zero-order valence-electron chi connectivity index (χ0n) is 14.5. The molecule has 0 radical (unpaired) electrons. The summed E-state index contributed by atoms with van der Waals surface area (Å²) in [4.78, 5) is 26.6. The van der Waals surface area contributed by atoms with Crippen molar-refractivity contribution in [1.29, 1.82) is 0 Å². The molecular weight excluding hydrogens is 288 g/mol. The van der Waals surface area contributed by atoms with Gasteiger partial charge in [-0.15, -0.1) is 0 Å². The Labute approximate surface area is 139 Å². The van der Waals surface area contributed by atoms with Gasteiger partial charge in [-0.3, -0.25) is 9.59 Å². The number of hydrogen-bond acceptors (Lipinski definition) is 2. The molecule has 1 aliphatic heterocycles. The first-order chi connectivity index (χ1) is 10.9. The lowest BCUT2D eigenvalue weighted by atomic mass is 9.91. The molecule has 4 heteroatoms. The van der Waals surface area contributed by atoms with Crippen LogP contribution in [-0.2, 0) is 16.0 Å². The Balaban J connectivity index is 1.84. The van der Waals surface area contributed by atoms with Gasteiger partial charge in [0.05, 0.1) is 0 Å². The third-order valence-electron chi connectivity index (χ3n) is 4.11. The summed E-state index contributed by atoms with van der Waals surface area (Å²) in [5.74, 6) is 0.0823. The van der Waals surface area contributed by atoms with Crippen molar-refractivity contribution >= 4 is 11.8 Å². The summed E-state index contributed by atoms with van der Waals surface area (Å²) in [6, 6.07) is 9.81. The Bertz CT molecular complexity index is 534. The van der Waals surface area contributed by atoms with Crippen molar-refractivity contribution in [3.63, 3.8) is 0 Å². The van der Waals surface area contributed by atoms with Crippen molar-refractivity contribution in [2.45, 2.75) is 52.5 Å². The molecule has 1 aromatic rings. The molecule has 1 fully saturated rings. The van der Waals surface area contributed by atoms with E-state index in [0.29, 0.717) is 19.5 Å². The normalized spacial score (nSPS) is 18.0. The molecule has 0 aromatic heterocycles. The van der Waals surface area contributed by atoms with E-state index >= 15 is 0 Å². The van der Waals surface area contributed by atoms with Crippen molar-refractivity contribution in [1.82, 2.24) is 10.2 Å². The summed E-state index contributed by atoms with van der Waals surface area (Å²) in [7, 11) is 0. The number of nitrogens with one attached hydrogen (secondary N) is 1. The van der Waals surface area contributed by atoms with Gasteiger partial charge in [-0.2, -0.15) is 0 Å². The number of carbonyl (C=O) groups excluding carboxylic acids is 2. The molecule has 1 aliphatic rings. The Hall–Kier alpha value is -1.84. The van der Waals surface area contributed by atoms with Crippen molar-refractivity contribution in [2.24, 2.45) is 5.41 Å². The van der Waals surface area contributed by atoms with Crippen LogP contribution in [0.4, 0.5) is 0 Å². The minimum atomic E-state index is -0.291. The van der Waals surface area contributed by atoms with Crippen molar-refractivity contribution < 1.29 is 9.59 Å². The molecule has 0 spiro atoms.